The van der Waals surface area contributed by atoms with E-state index in [1.807, 2.05) is 19.9 Å². The SMILES string of the molecule is CCNC(=NCCS(N)(=O)=O)Nc1ccc(OCC)c(OC)c1.I. The molecule has 10 heteroatoms. The summed E-state index contributed by atoms with van der Waals surface area (Å²) < 4.78 is 32.6. The fourth-order valence-corrected chi connectivity index (χ4v) is 2.09. The van der Waals surface area contributed by atoms with Crippen LogP contribution in [-0.4, -0.2) is 46.9 Å². The minimum absolute atomic E-state index is 0. The Hall–Kier alpha value is -1.27. The molecule has 138 valence electrons. The molecule has 8 nitrogen and oxygen atoms in total. The van der Waals surface area contributed by atoms with Crippen molar-refractivity contribution in [2.45, 2.75) is 13.8 Å². The molecule has 24 heavy (non-hydrogen) atoms. The molecule has 0 fully saturated rings. The first-order valence-corrected chi connectivity index (χ1v) is 8.97. The predicted octanol–water partition coefficient (Wildman–Crippen LogP) is 1.38. The highest BCUT2D eigenvalue weighted by atomic mass is 127. The fraction of sp³-hybridized carbons (Fsp3) is 0.500. The van der Waals surface area contributed by atoms with E-state index in [1.165, 1.54) is 0 Å². The third kappa shape index (κ3) is 8.55. The van der Waals surface area contributed by atoms with E-state index in [4.69, 9.17) is 14.6 Å². The van der Waals surface area contributed by atoms with Gasteiger partial charge in [0, 0.05) is 18.3 Å². The first-order valence-electron chi connectivity index (χ1n) is 7.26. The predicted molar refractivity (Wildman–Crippen MR) is 107 cm³/mol. The van der Waals surface area contributed by atoms with Gasteiger partial charge in [0.1, 0.15) is 0 Å². The van der Waals surface area contributed by atoms with E-state index in [-0.39, 0.29) is 36.3 Å². The number of rotatable bonds is 8. The Morgan fingerprint density at radius 1 is 1.29 bits per heavy atom. The van der Waals surface area contributed by atoms with Crippen molar-refractivity contribution in [1.29, 1.82) is 0 Å². The minimum Gasteiger partial charge on any atom is -0.493 e. The topological polar surface area (TPSA) is 115 Å². The highest BCUT2D eigenvalue weighted by molar-refractivity contribution is 14.0. The van der Waals surface area contributed by atoms with Crippen molar-refractivity contribution in [1.82, 2.24) is 5.32 Å². The molecular weight excluding hydrogens is 447 g/mol. The van der Waals surface area contributed by atoms with Gasteiger partial charge in [0.05, 0.1) is 26.0 Å². The Kier molecular flexibility index (Phi) is 10.7. The third-order valence-corrected chi connectivity index (χ3v) is 3.47. The van der Waals surface area contributed by atoms with E-state index in [1.54, 1.807) is 19.2 Å². The van der Waals surface area contributed by atoms with Crippen molar-refractivity contribution in [3.63, 3.8) is 0 Å². The summed E-state index contributed by atoms with van der Waals surface area (Å²) in [6.07, 6.45) is 0. The Bertz CT molecular complexity index is 638. The van der Waals surface area contributed by atoms with E-state index in [0.717, 1.165) is 5.69 Å². The van der Waals surface area contributed by atoms with Crippen LogP contribution < -0.4 is 25.2 Å². The van der Waals surface area contributed by atoms with Crippen molar-refractivity contribution >= 4 is 45.6 Å². The number of nitrogens with one attached hydrogen (secondary N) is 2. The van der Waals surface area contributed by atoms with E-state index in [2.05, 4.69) is 15.6 Å². The van der Waals surface area contributed by atoms with E-state index in [9.17, 15) is 8.42 Å². The van der Waals surface area contributed by atoms with Crippen molar-refractivity contribution in [2.24, 2.45) is 10.1 Å². The monoisotopic (exact) mass is 472 g/mol. The summed E-state index contributed by atoms with van der Waals surface area (Å²) >= 11 is 0. The number of ether oxygens (including phenoxy) is 2. The molecule has 4 N–H and O–H groups in total. The number of nitrogens with zero attached hydrogens (tertiary/aromatic N) is 1. The van der Waals surface area contributed by atoms with E-state index >= 15 is 0 Å². The van der Waals surface area contributed by atoms with Gasteiger partial charge in [-0.2, -0.15) is 0 Å². The van der Waals surface area contributed by atoms with Crippen LogP contribution in [-0.2, 0) is 10.0 Å². The zero-order chi connectivity index (χ0) is 17.3. The molecule has 0 bridgehead atoms. The smallest absolute Gasteiger partial charge is 0.210 e. The second kappa shape index (κ2) is 11.3. The molecule has 0 heterocycles. The molecule has 0 saturated carbocycles. The van der Waals surface area contributed by atoms with Gasteiger partial charge in [0.25, 0.3) is 0 Å². The molecular formula is C14H25IN4O4S. The number of halogens is 1. The van der Waals surface area contributed by atoms with Gasteiger partial charge in [-0.3, -0.25) is 4.99 Å². The number of nitrogens with two attached hydrogens (primary N) is 1. The van der Waals surface area contributed by atoms with Gasteiger partial charge >= 0.3 is 0 Å². The van der Waals surface area contributed by atoms with Crippen LogP contribution in [0.1, 0.15) is 13.8 Å². The van der Waals surface area contributed by atoms with Crippen LogP contribution >= 0.6 is 24.0 Å². The van der Waals surface area contributed by atoms with Crippen molar-refractivity contribution < 1.29 is 17.9 Å². The van der Waals surface area contributed by atoms with Gasteiger partial charge < -0.3 is 20.1 Å². The molecule has 1 aromatic carbocycles. The van der Waals surface area contributed by atoms with Crippen molar-refractivity contribution in [3.05, 3.63) is 18.2 Å². The zero-order valence-electron chi connectivity index (χ0n) is 14.0. The lowest BCUT2D eigenvalue weighted by Gasteiger charge is -2.14. The second-order valence-electron chi connectivity index (χ2n) is 4.55. The Morgan fingerprint density at radius 3 is 2.54 bits per heavy atom. The number of hydrogen-bond donors (Lipinski definition) is 3. The zero-order valence-corrected chi connectivity index (χ0v) is 17.2. The molecule has 0 amide bonds. The normalized spacial score (nSPS) is 11.4. The molecule has 1 aromatic rings. The summed E-state index contributed by atoms with van der Waals surface area (Å²) in [7, 11) is -1.97. The lowest BCUT2D eigenvalue weighted by Crippen LogP contribution is -2.31. The number of guanidine groups is 1. The number of aliphatic imine (C=N–C) groups is 1. The minimum atomic E-state index is -3.53. The Labute approximate surface area is 160 Å². The molecule has 0 aromatic heterocycles. The standard InChI is InChI=1S/C14H24N4O4S.HI/c1-4-16-14(17-8-9-23(15,19)20)18-11-6-7-12(22-5-2)13(10-11)21-3;/h6-7,10H,4-5,8-9H2,1-3H3,(H2,15,19,20)(H2,16,17,18);1H. The number of benzene rings is 1. The Morgan fingerprint density at radius 2 is 2.00 bits per heavy atom. The molecule has 0 atom stereocenters. The molecule has 0 spiro atoms. The number of hydrogen-bond acceptors (Lipinski definition) is 5. The van der Waals surface area contributed by atoms with Crippen molar-refractivity contribution in [2.75, 3.05) is 37.9 Å². The molecule has 0 aliphatic heterocycles. The maximum atomic E-state index is 10.9. The molecule has 0 aliphatic carbocycles. The average Bonchev–Trinajstić information content (AvgIpc) is 2.48. The summed E-state index contributed by atoms with van der Waals surface area (Å²) in [5.41, 5.74) is 0.737. The maximum Gasteiger partial charge on any atom is 0.210 e. The van der Waals surface area contributed by atoms with Gasteiger partial charge in [0.15, 0.2) is 17.5 Å². The molecule has 0 unspecified atom stereocenters. The largest absolute Gasteiger partial charge is 0.493 e. The van der Waals surface area contributed by atoms with Crippen LogP contribution in [0, 0.1) is 0 Å². The van der Waals surface area contributed by atoms with E-state index < -0.39 is 10.0 Å². The van der Waals surface area contributed by atoms with Gasteiger partial charge in [-0.25, -0.2) is 13.6 Å². The van der Waals surface area contributed by atoms with Gasteiger partial charge in [-0.05, 0) is 26.0 Å². The second-order valence-corrected chi connectivity index (χ2v) is 6.29. The van der Waals surface area contributed by atoms with E-state index in [0.29, 0.717) is 30.6 Å². The van der Waals surface area contributed by atoms with Gasteiger partial charge in [-0.1, -0.05) is 0 Å². The summed E-state index contributed by atoms with van der Waals surface area (Å²) in [6, 6.07) is 5.39. The number of sulfonamides is 1. The van der Waals surface area contributed by atoms with Crippen LogP contribution in [0.25, 0.3) is 0 Å². The lowest BCUT2D eigenvalue weighted by atomic mass is 10.2. The highest BCUT2D eigenvalue weighted by Crippen LogP contribution is 2.30. The lowest BCUT2D eigenvalue weighted by molar-refractivity contribution is 0.311. The van der Waals surface area contributed by atoms with Crippen LogP contribution in [0.15, 0.2) is 23.2 Å². The summed E-state index contributed by atoms with van der Waals surface area (Å²) in [4.78, 5) is 4.17. The number of primary sulfonamides is 1. The van der Waals surface area contributed by atoms with Crippen LogP contribution in [0.2, 0.25) is 0 Å². The van der Waals surface area contributed by atoms with Crippen LogP contribution in [0.5, 0.6) is 11.5 Å². The first kappa shape index (κ1) is 22.7. The average molecular weight is 472 g/mol. The van der Waals surface area contributed by atoms with Crippen LogP contribution in [0.3, 0.4) is 0 Å². The van der Waals surface area contributed by atoms with Crippen molar-refractivity contribution in [3.8, 4) is 11.5 Å². The highest BCUT2D eigenvalue weighted by Gasteiger charge is 2.07. The third-order valence-electron chi connectivity index (χ3n) is 2.72. The number of methoxy groups -OCH3 is 1. The Balaban J connectivity index is 0.00000529. The summed E-state index contributed by atoms with van der Waals surface area (Å²) in [5.74, 6) is 1.49. The van der Waals surface area contributed by atoms with Gasteiger partial charge in [-0.15, -0.1) is 24.0 Å². The summed E-state index contributed by atoms with van der Waals surface area (Å²) in [5, 5.41) is 11.1. The molecule has 0 saturated heterocycles. The van der Waals surface area contributed by atoms with Crippen LogP contribution in [0.4, 0.5) is 5.69 Å². The molecule has 1 rings (SSSR count). The molecule has 0 aliphatic rings. The van der Waals surface area contributed by atoms with Gasteiger partial charge in [0.2, 0.25) is 10.0 Å². The fourth-order valence-electron chi connectivity index (χ4n) is 1.75. The maximum absolute atomic E-state index is 10.9. The summed E-state index contributed by atoms with van der Waals surface area (Å²) in [6.45, 7) is 5.06. The number of anilines is 1. The first-order chi connectivity index (χ1) is 10.9. The molecule has 0 radical (unpaired) electrons. The quantitative estimate of drug-likeness (QED) is 0.299.